The minimum atomic E-state index is -0.298. The number of nitrogens with zero attached hydrogens (tertiary/aromatic N) is 3. The zero-order valence-electron chi connectivity index (χ0n) is 24.9. The van der Waals surface area contributed by atoms with Crippen LogP contribution < -0.4 is 0 Å². The molecule has 4 heteroatoms. The molecule has 0 atom stereocenters. The first kappa shape index (κ1) is 24.7. The van der Waals surface area contributed by atoms with Gasteiger partial charge < -0.3 is 4.42 Å². The fourth-order valence-electron chi connectivity index (χ4n) is 7.58. The molecule has 0 saturated carbocycles. The van der Waals surface area contributed by atoms with E-state index < -0.39 is 0 Å². The van der Waals surface area contributed by atoms with Gasteiger partial charge in [-0.1, -0.05) is 105 Å². The van der Waals surface area contributed by atoms with Crippen molar-refractivity contribution in [2.45, 2.75) is 19.3 Å². The van der Waals surface area contributed by atoms with Gasteiger partial charge in [-0.05, 0) is 58.3 Å². The van der Waals surface area contributed by atoms with Crippen LogP contribution in [0.2, 0.25) is 0 Å². The van der Waals surface area contributed by atoms with Gasteiger partial charge >= 0.3 is 0 Å². The van der Waals surface area contributed by atoms with Crippen LogP contribution in [0, 0.1) is 0 Å². The Labute approximate surface area is 259 Å². The first-order valence-electron chi connectivity index (χ1n) is 15.4. The second-order valence-corrected chi connectivity index (χ2v) is 12.6. The minimum absolute atomic E-state index is 0.298. The Hall–Kier alpha value is -5.74. The van der Waals surface area contributed by atoms with E-state index in [1.54, 1.807) is 0 Å². The summed E-state index contributed by atoms with van der Waals surface area (Å²) in [6.45, 7) is 4.56. The van der Waals surface area contributed by atoms with Crippen LogP contribution in [0.1, 0.15) is 25.1 Å². The summed E-state index contributed by atoms with van der Waals surface area (Å²) >= 11 is 0. The van der Waals surface area contributed by atoms with Gasteiger partial charge in [0.2, 0.25) is 5.95 Å². The van der Waals surface area contributed by atoms with Gasteiger partial charge in [-0.15, -0.1) is 0 Å². The molecule has 6 aromatic carbocycles. The van der Waals surface area contributed by atoms with E-state index in [9.17, 15) is 0 Å². The van der Waals surface area contributed by atoms with E-state index in [2.05, 4.69) is 134 Å². The van der Waals surface area contributed by atoms with Crippen LogP contribution in [-0.2, 0) is 5.41 Å². The van der Waals surface area contributed by atoms with Gasteiger partial charge in [0, 0.05) is 38.1 Å². The lowest BCUT2D eigenvalue weighted by molar-refractivity contribution is 0.632. The molecule has 0 unspecified atom stereocenters. The zero-order valence-corrected chi connectivity index (χ0v) is 24.9. The summed E-state index contributed by atoms with van der Waals surface area (Å²) in [5.74, 6) is 0.677. The predicted octanol–water partition coefficient (Wildman–Crippen LogP) is 10.6. The Morgan fingerprint density at radius 2 is 1.29 bits per heavy atom. The molecule has 0 spiro atoms. The quantitative estimate of drug-likeness (QED) is 0.205. The Kier molecular flexibility index (Phi) is 4.76. The highest BCUT2D eigenvalue weighted by molar-refractivity contribution is 6.13. The number of rotatable bonds is 2. The van der Waals surface area contributed by atoms with Crippen molar-refractivity contribution in [2.24, 2.45) is 0 Å². The molecule has 0 amide bonds. The summed E-state index contributed by atoms with van der Waals surface area (Å²) in [7, 11) is 0. The molecule has 45 heavy (non-hydrogen) atoms. The molecule has 1 aliphatic carbocycles. The van der Waals surface area contributed by atoms with Gasteiger partial charge in [-0.25, -0.2) is 9.97 Å². The van der Waals surface area contributed by atoms with E-state index in [1.165, 1.54) is 32.7 Å². The number of benzene rings is 6. The molecule has 212 valence electrons. The Morgan fingerprint density at radius 3 is 2.18 bits per heavy atom. The van der Waals surface area contributed by atoms with Crippen molar-refractivity contribution in [3.05, 3.63) is 139 Å². The average molecular weight is 578 g/mol. The predicted molar refractivity (Wildman–Crippen MR) is 184 cm³/mol. The van der Waals surface area contributed by atoms with E-state index in [4.69, 9.17) is 14.4 Å². The molecular weight excluding hydrogens is 550 g/mol. The first-order valence-corrected chi connectivity index (χ1v) is 15.4. The molecule has 10 rings (SSSR count). The van der Waals surface area contributed by atoms with E-state index in [0.29, 0.717) is 5.95 Å². The lowest BCUT2D eigenvalue weighted by Gasteiger charge is -2.21. The van der Waals surface area contributed by atoms with Crippen LogP contribution >= 0.6 is 0 Å². The number of fused-ring (bicyclic) bond motifs is 10. The Balaban J connectivity index is 1.32. The molecule has 0 N–H and O–H groups in total. The van der Waals surface area contributed by atoms with Crippen LogP contribution in [-0.4, -0.2) is 14.5 Å². The topological polar surface area (TPSA) is 43.9 Å². The highest BCUT2D eigenvalue weighted by Gasteiger charge is 2.40. The summed E-state index contributed by atoms with van der Waals surface area (Å²) in [6.07, 6.45) is 0. The zero-order chi connectivity index (χ0) is 29.9. The average Bonchev–Trinajstić information content (AvgIpc) is 3.68. The standard InChI is InChI=1S/C41H27N3O/c1-41(2)32-16-8-5-15-30(32)37-38(26-19-20-29-28-14-7-10-18-35(28)45-36(29)23-26)42-40(43-39(37)41)44-33-17-9-6-13-27(33)31-21-24-11-3-4-12-25(24)22-34(31)44/h3-23H,1-2H3. The van der Waals surface area contributed by atoms with Gasteiger partial charge in [-0.3, -0.25) is 4.57 Å². The summed E-state index contributed by atoms with van der Waals surface area (Å²) < 4.78 is 8.60. The Bertz CT molecular complexity index is 2690. The molecular formula is C41H27N3O. The van der Waals surface area contributed by atoms with Crippen molar-refractivity contribution >= 4 is 54.5 Å². The van der Waals surface area contributed by atoms with Crippen molar-refractivity contribution in [3.8, 4) is 28.3 Å². The molecule has 3 aromatic heterocycles. The number of hydrogen-bond donors (Lipinski definition) is 0. The third-order valence-electron chi connectivity index (χ3n) is 9.75. The minimum Gasteiger partial charge on any atom is -0.456 e. The third-order valence-corrected chi connectivity index (χ3v) is 9.75. The molecule has 0 saturated heterocycles. The van der Waals surface area contributed by atoms with Crippen LogP contribution in [0.3, 0.4) is 0 Å². The first-order chi connectivity index (χ1) is 22.1. The van der Waals surface area contributed by atoms with Crippen LogP contribution in [0.25, 0.3) is 82.8 Å². The van der Waals surface area contributed by atoms with Crippen molar-refractivity contribution in [1.82, 2.24) is 14.5 Å². The fourth-order valence-corrected chi connectivity index (χ4v) is 7.58. The number of para-hydroxylation sites is 2. The maximum atomic E-state index is 6.35. The fraction of sp³-hybridized carbons (Fsp3) is 0.0732. The van der Waals surface area contributed by atoms with Crippen molar-refractivity contribution in [3.63, 3.8) is 0 Å². The van der Waals surface area contributed by atoms with Gasteiger partial charge in [0.15, 0.2) is 0 Å². The van der Waals surface area contributed by atoms with Crippen molar-refractivity contribution in [2.75, 3.05) is 0 Å². The van der Waals surface area contributed by atoms with Crippen LogP contribution in [0.15, 0.2) is 132 Å². The summed E-state index contributed by atoms with van der Waals surface area (Å²) in [5.41, 5.74) is 10.2. The maximum absolute atomic E-state index is 6.35. The van der Waals surface area contributed by atoms with E-state index >= 15 is 0 Å². The van der Waals surface area contributed by atoms with Crippen LogP contribution in [0.4, 0.5) is 0 Å². The van der Waals surface area contributed by atoms with Crippen molar-refractivity contribution in [1.29, 1.82) is 0 Å². The summed E-state index contributed by atoms with van der Waals surface area (Å²) in [5, 5.41) is 7.03. The largest absolute Gasteiger partial charge is 0.456 e. The molecule has 1 aliphatic rings. The van der Waals surface area contributed by atoms with Crippen molar-refractivity contribution < 1.29 is 4.42 Å². The second-order valence-electron chi connectivity index (χ2n) is 12.6. The van der Waals surface area contributed by atoms with Gasteiger partial charge in [0.25, 0.3) is 0 Å². The second kappa shape index (κ2) is 8.67. The molecule has 0 aliphatic heterocycles. The SMILES string of the molecule is CC1(C)c2ccccc2-c2c(-c3ccc4c(c3)oc3ccccc34)nc(-n3c4ccccc4c4cc5ccccc5cc43)nc21. The number of furan rings is 1. The van der Waals surface area contributed by atoms with E-state index in [1.807, 2.05) is 12.1 Å². The summed E-state index contributed by atoms with van der Waals surface area (Å²) in [4.78, 5) is 10.9. The lowest BCUT2D eigenvalue weighted by Crippen LogP contribution is -2.18. The van der Waals surface area contributed by atoms with Gasteiger partial charge in [0.1, 0.15) is 11.2 Å². The van der Waals surface area contributed by atoms with E-state index in [0.717, 1.165) is 55.5 Å². The lowest BCUT2D eigenvalue weighted by atomic mass is 9.85. The number of hydrogen-bond acceptors (Lipinski definition) is 3. The molecule has 9 aromatic rings. The highest BCUT2D eigenvalue weighted by atomic mass is 16.3. The highest BCUT2D eigenvalue weighted by Crippen LogP contribution is 2.51. The smallest absolute Gasteiger partial charge is 0.235 e. The Morgan fingerprint density at radius 1 is 0.578 bits per heavy atom. The molecule has 4 nitrogen and oxygen atoms in total. The van der Waals surface area contributed by atoms with Crippen LogP contribution in [0.5, 0.6) is 0 Å². The summed E-state index contributed by atoms with van der Waals surface area (Å²) in [6, 6.07) is 45.1. The van der Waals surface area contributed by atoms with E-state index in [-0.39, 0.29) is 5.41 Å². The molecule has 3 heterocycles. The van der Waals surface area contributed by atoms with Gasteiger partial charge in [0.05, 0.1) is 22.4 Å². The molecule has 0 fully saturated rings. The maximum Gasteiger partial charge on any atom is 0.235 e. The third kappa shape index (κ3) is 3.31. The molecule has 0 bridgehead atoms. The monoisotopic (exact) mass is 577 g/mol. The number of aromatic nitrogens is 3. The van der Waals surface area contributed by atoms with Gasteiger partial charge in [-0.2, -0.15) is 0 Å². The normalized spacial score (nSPS) is 13.7. The molecule has 0 radical (unpaired) electrons.